The first-order chi connectivity index (χ1) is 10.1. The summed E-state index contributed by atoms with van der Waals surface area (Å²) in [5, 5.41) is 6.15. The van der Waals surface area contributed by atoms with Gasteiger partial charge in [-0.05, 0) is 44.5 Å². The van der Waals surface area contributed by atoms with Crippen molar-refractivity contribution in [2.75, 3.05) is 13.1 Å². The number of ether oxygens (including phenoxy) is 1. The molecular weight excluding hydrogens is 264 g/mol. The number of rotatable bonds is 9. The minimum absolute atomic E-state index is 0.142. The smallest absolute Gasteiger partial charge is 0.261 e. The van der Waals surface area contributed by atoms with E-state index in [1.165, 1.54) is 5.56 Å². The maximum atomic E-state index is 11.7. The van der Waals surface area contributed by atoms with Crippen LogP contribution in [0.2, 0.25) is 0 Å². The molecule has 4 nitrogen and oxygen atoms in total. The maximum absolute atomic E-state index is 11.7. The van der Waals surface area contributed by atoms with Gasteiger partial charge in [0.05, 0.1) is 0 Å². The molecule has 2 atom stereocenters. The van der Waals surface area contributed by atoms with Crippen LogP contribution in [-0.2, 0) is 4.79 Å². The molecule has 2 unspecified atom stereocenters. The number of hydrogen-bond acceptors (Lipinski definition) is 3. The minimum Gasteiger partial charge on any atom is -0.481 e. The molecule has 2 N–H and O–H groups in total. The van der Waals surface area contributed by atoms with Crippen molar-refractivity contribution in [1.29, 1.82) is 0 Å². The van der Waals surface area contributed by atoms with Crippen LogP contribution in [0.1, 0.15) is 38.8 Å². The lowest BCUT2D eigenvalue weighted by molar-refractivity contribution is -0.127. The molecule has 0 aliphatic rings. The summed E-state index contributed by atoms with van der Waals surface area (Å²) in [6, 6.07) is 8.16. The maximum Gasteiger partial charge on any atom is 0.261 e. The van der Waals surface area contributed by atoms with Crippen molar-refractivity contribution >= 4 is 5.91 Å². The second-order valence-corrected chi connectivity index (χ2v) is 5.04. The molecule has 0 aliphatic carbocycles. The Kier molecular flexibility index (Phi) is 7.54. The molecule has 0 saturated carbocycles. The van der Waals surface area contributed by atoms with Gasteiger partial charge in [-0.2, -0.15) is 0 Å². The molecule has 4 heteroatoms. The molecule has 1 rings (SSSR count). The van der Waals surface area contributed by atoms with Crippen LogP contribution in [0.25, 0.3) is 0 Å². The highest BCUT2D eigenvalue weighted by Gasteiger charge is 2.13. The molecule has 116 valence electrons. The van der Waals surface area contributed by atoms with Gasteiger partial charge in [-0.25, -0.2) is 0 Å². The number of nitrogens with one attached hydrogen (secondary N) is 2. The van der Waals surface area contributed by atoms with Crippen LogP contribution in [0, 0.1) is 0 Å². The fourth-order valence-corrected chi connectivity index (χ4v) is 1.89. The van der Waals surface area contributed by atoms with Gasteiger partial charge in [0.15, 0.2) is 6.10 Å². The van der Waals surface area contributed by atoms with E-state index in [-0.39, 0.29) is 5.91 Å². The summed E-state index contributed by atoms with van der Waals surface area (Å²) < 4.78 is 5.62. The van der Waals surface area contributed by atoms with Gasteiger partial charge in [0.25, 0.3) is 5.91 Å². The third kappa shape index (κ3) is 6.00. The minimum atomic E-state index is -0.522. The number of benzene rings is 1. The first-order valence-corrected chi connectivity index (χ1v) is 7.47. The lowest BCUT2D eigenvalue weighted by Gasteiger charge is -2.16. The highest BCUT2D eigenvalue weighted by Crippen LogP contribution is 2.18. The van der Waals surface area contributed by atoms with Gasteiger partial charge in [-0.15, -0.1) is 6.58 Å². The van der Waals surface area contributed by atoms with E-state index in [0.717, 1.165) is 13.0 Å². The van der Waals surface area contributed by atoms with Crippen molar-refractivity contribution in [2.24, 2.45) is 0 Å². The third-order valence-electron chi connectivity index (χ3n) is 3.18. The highest BCUT2D eigenvalue weighted by molar-refractivity contribution is 5.80. The van der Waals surface area contributed by atoms with Crippen molar-refractivity contribution in [3.05, 3.63) is 42.5 Å². The van der Waals surface area contributed by atoms with Crippen molar-refractivity contribution < 1.29 is 9.53 Å². The Hall–Kier alpha value is -1.81. The summed E-state index contributed by atoms with van der Waals surface area (Å²) in [5.74, 6) is 0.555. The Morgan fingerprint density at radius 1 is 1.33 bits per heavy atom. The monoisotopic (exact) mass is 290 g/mol. The second kappa shape index (κ2) is 9.19. The Balaban J connectivity index is 2.53. The third-order valence-corrected chi connectivity index (χ3v) is 3.18. The molecule has 0 heterocycles. The lowest BCUT2D eigenvalue weighted by atomic mass is 10.1. The summed E-state index contributed by atoms with van der Waals surface area (Å²) in [6.45, 7) is 11.0. The Labute approximate surface area is 127 Å². The van der Waals surface area contributed by atoms with E-state index in [9.17, 15) is 4.79 Å². The van der Waals surface area contributed by atoms with Crippen LogP contribution >= 0.6 is 0 Å². The van der Waals surface area contributed by atoms with Crippen LogP contribution < -0.4 is 15.4 Å². The molecular formula is C17H26N2O2. The van der Waals surface area contributed by atoms with E-state index in [4.69, 9.17) is 4.74 Å². The first-order valence-electron chi connectivity index (χ1n) is 7.47. The van der Waals surface area contributed by atoms with Crippen LogP contribution in [0.15, 0.2) is 36.9 Å². The Bertz CT molecular complexity index is 443. The summed E-state index contributed by atoms with van der Waals surface area (Å²) in [7, 11) is 0. The SMILES string of the molecule is C=CCNC(=O)C(C)Oc1ccc(C(C)NCCC)cc1. The van der Waals surface area contributed by atoms with Crippen molar-refractivity contribution in [3.8, 4) is 5.75 Å². The largest absolute Gasteiger partial charge is 0.481 e. The number of amides is 1. The summed E-state index contributed by atoms with van der Waals surface area (Å²) in [4.78, 5) is 11.7. The van der Waals surface area contributed by atoms with E-state index < -0.39 is 6.10 Å². The van der Waals surface area contributed by atoms with E-state index in [1.807, 2.05) is 24.3 Å². The van der Waals surface area contributed by atoms with E-state index >= 15 is 0 Å². The fourth-order valence-electron chi connectivity index (χ4n) is 1.89. The van der Waals surface area contributed by atoms with Crippen LogP contribution in [0.4, 0.5) is 0 Å². The Morgan fingerprint density at radius 2 is 2.00 bits per heavy atom. The average Bonchev–Trinajstić information content (AvgIpc) is 2.50. The quantitative estimate of drug-likeness (QED) is 0.688. The summed E-state index contributed by atoms with van der Waals surface area (Å²) >= 11 is 0. The molecule has 21 heavy (non-hydrogen) atoms. The molecule has 0 saturated heterocycles. The molecule has 0 aromatic heterocycles. The molecule has 1 amide bonds. The second-order valence-electron chi connectivity index (χ2n) is 5.04. The molecule has 0 spiro atoms. The van der Waals surface area contributed by atoms with Crippen molar-refractivity contribution in [2.45, 2.75) is 39.3 Å². The number of carbonyl (C=O) groups is 1. The molecule has 1 aromatic rings. The zero-order chi connectivity index (χ0) is 15.7. The van der Waals surface area contributed by atoms with Crippen LogP contribution in [0.3, 0.4) is 0 Å². The van der Waals surface area contributed by atoms with Crippen LogP contribution in [0.5, 0.6) is 5.75 Å². The van der Waals surface area contributed by atoms with Crippen molar-refractivity contribution in [3.63, 3.8) is 0 Å². The van der Waals surface area contributed by atoms with Gasteiger partial charge in [0.1, 0.15) is 5.75 Å². The van der Waals surface area contributed by atoms with Gasteiger partial charge in [0, 0.05) is 12.6 Å². The first kappa shape index (κ1) is 17.2. The topological polar surface area (TPSA) is 50.4 Å². The van der Waals surface area contributed by atoms with Crippen molar-refractivity contribution in [1.82, 2.24) is 10.6 Å². The van der Waals surface area contributed by atoms with Gasteiger partial charge < -0.3 is 15.4 Å². The predicted octanol–water partition coefficient (Wildman–Crippen LogP) is 2.82. The lowest BCUT2D eigenvalue weighted by Crippen LogP contribution is -2.36. The molecule has 0 radical (unpaired) electrons. The van der Waals surface area contributed by atoms with Crippen LogP contribution in [-0.4, -0.2) is 25.1 Å². The van der Waals surface area contributed by atoms with Gasteiger partial charge >= 0.3 is 0 Å². The zero-order valence-electron chi connectivity index (χ0n) is 13.2. The molecule has 0 aliphatic heterocycles. The highest BCUT2D eigenvalue weighted by atomic mass is 16.5. The van der Waals surface area contributed by atoms with Gasteiger partial charge in [-0.3, -0.25) is 4.79 Å². The Morgan fingerprint density at radius 3 is 2.57 bits per heavy atom. The van der Waals surface area contributed by atoms with E-state index in [1.54, 1.807) is 13.0 Å². The van der Waals surface area contributed by atoms with Gasteiger partial charge in [-0.1, -0.05) is 25.1 Å². The summed E-state index contributed by atoms with van der Waals surface area (Å²) in [5.41, 5.74) is 1.21. The fraction of sp³-hybridized carbons (Fsp3) is 0.471. The molecule has 1 aromatic carbocycles. The molecule has 0 bridgehead atoms. The van der Waals surface area contributed by atoms with E-state index in [2.05, 4.69) is 31.1 Å². The molecule has 0 fully saturated rings. The number of hydrogen-bond donors (Lipinski definition) is 2. The normalized spacial score (nSPS) is 13.3. The standard InChI is InChI=1S/C17H26N2O2/c1-5-11-18-13(3)15-7-9-16(10-8-15)21-14(4)17(20)19-12-6-2/h6-10,13-14,18H,2,5,11-12H2,1,3-4H3,(H,19,20). The number of carbonyl (C=O) groups excluding carboxylic acids is 1. The van der Waals surface area contributed by atoms with E-state index in [0.29, 0.717) is 18.3 Å². The predicted molar refractivity (Wildman–Crippen MR) is 86.4 cm³/mol. The summed E-state index contributed by atoms with van der Waals surface area (Å²) in [6.07, 6.45) is 2.24. The van der Waals surface area contributed by atoms with Gasteiger partial charge in [0.2, 0.25) is 0 Å². The zero-order valence-corrected chi connectivity index (χ0v) is 13.2. The average molecular weight is 290 g/mol.